The molecule has 0 saturated heterocycles. The molecule has 0 radical (unpaired) electrons. The summed E-state index contributed by atoms with van der Waals surface area (Å²) in [5.74, 6) is 0.103. The monoisotopic (exact) mass is 283 g/mol. The summed E-state index contributed by atoms with van der Waals surface area (Å²) >= 11 is 10.9. The molecule has 0 fully saturated rings. The van der Waals surface area contributed by atoms with Crippen LogP contribution in [0.1, 0.15) is 17.3 Å². The first-order valence-electron chi connectivity index (χ1n) is 5.23. The van der Waals surface area contributed by atoms with Crippen molar-refractivity contribution in [3.05, 3.63) is 39.8 Å². The van der Waals surface area contributed by atoms with Gasteiger partial charge in [0.15, 0.2) is 5.82 Å². The Morgan fingerprint density at radius 1 is 1.61 bits per heavy atom. The Labute approximate surface area is 113 Å². The normalized spacial score (nSPS) is 10.3. The maximum absolute atomic E-state index is 11.6. The lowest BCUT2D eigenvalue weighted by atomic mass is 10.4. The largest absolute Gasteiger partial charge is 0.462 e. The van der Waals surface area contributed by atoms with Crippen LogP contribution < -0.4 is 0 Å². The van der Waals surface area contributed by atoms with E-state index in [1.165, 1.54) is 17.1 Å². The third-order valence-electron chi connectivity index (χ3n) is 2.21. The van der Waals surface area contributed by atoms with Crippen LogP contribution in [0.5, 0.6) is 0 Å². The lowest BCUT2D eigenvalue weighted by Crippen LogP contribution is -2.05. The number of H-pyrrole nitrogens is 1. The lowest BCUT2D eigenvalue weighted by Gasteiger charge is -2.01. The first kappa shape index (κ1) is 12.8. The number of hydrogen-bond acceptors (Lipinski definition) is 4. The van der Waals surface area contributed by atoms with Gasteiger partial charge in [0.1, 0.15) is 10.2 Å². The molecule has 2 aromatic rings. The van der Waals surface area contributed by atoms with Crippen molar-refractivity contribution in [2.24, 2.45) is 0 Å². The second-order valence-electron chi connectivity index (χ2n) is 3.38. The maximum Gasteiger partial charge on any atom is 0.342 e. The van der Waals surface area contributed by atoms with Gasteiger partial charge in [-0.15, -0.1) is 0 Å². The second kappa shape index (κ2) is 5.32. The summed E-state index contributed by atoms with van der Waals surface area (Å²) in [6.45, 7) is 2.04. The predicted molar refractivity (Wildman–Crippen MR) is 69.7 cm³/mol. The van der Waals surface area contributed by atoms with Crippen LogP contribution >= 0.6 is 23.8 Å². The summed E-state index contributed by atoms with van der Waals surface area (Å²) in [5.41, 5.74) is 0.309. The molecule has 0 aliphatic rings. The van der Waals surface area contributed by atoms with Crippen LogP contribution in [0.3, 0.4) is 0 Å². The van der Waals surface area contributed by atoms with Crippen LogP contribution in [0.25, 0.3) is 5.82 Å². The number of nitrogens with one attached hydrogen (secondary N) is 1. The van der Waals surface area contributed by atoms with E-state index in [-0.39, 0.29) is 0 Å². The molecule has 2 rings (SSSR count). The average molecular weight is 284 g/mol. The molecule has 18 heavy (non-hydrogen) atoms. The minimum Gasteiger partial charge on any atom is -0.462 e. The average Bonchev–Trinajstić information content (AvgIpc) is 2.73. The van der Waals surface area contributed by atoms with Crippen molar-refractivity contribution in [1.29, 1.82) is 0 Å². The van der Waals surface area contributed by atoms with Gasteiger partial charge < -0.3 is 4.74 Å². The van der Waals surface area contributed by atoms with Gasteiger partial charge in [0.25, 0.3) is 0 Å². The van der Waals surface area contributed by atoms with E-state index >= 15 is 0 Å². The van der Waals surface area contributed by atoms with E-state index in [0.717, 1.165) is 0 Å². The van der Waals surface area contributed by atoms with Crippen molar-refractivity contribution in [1.82, 2.24) is 14.8 Å². The molecule has 2 aromatic heterocycles. The van der Waals surface area contributed by atoms with Crippen LogP contribution in [-0.4, -0.2) is 27.3 Å². The molecule has 0 amide bonds. The van der Waals surface area contributed by atoms with Crippen LogP contribution in [-0.2, 0) is 4.74 Å². The molecule has 0 spiro atoms. The Kier molecular flexibility index (Phi) is 3.78. The zero-order valence-electron chi connectivity index (χ0n) is 9.51. The first-order valence-corrected chi connectivity index (χ1v) is 6.01. The molecule has 0 bridgehead atoms. The third kappa shape index (κ3) is 2.44. The Hall–Kier alpha value is -1.66. The first-order chi connectivity index (χ1) is 8.63. The number of carbonyl (C=O) groups is 1. The molecule has 5 nitrogen and oxygen atoms in total. The van der Waals surface area contributed by atoms with Crippen LogP contribution in [0, 0.1) is 4.64 Å². The van der Waals surface area contributed by atoms with E-state index in [2.05, 4.69) is 10.1 Å². The number of aromatic amines is 1. The van der Waals surface area contributed by atoms with Gasteiger partial charge in [-0.3, -0.25) is 5.10 Å². The number of rotatable bonds is 3. The van der Waals surface area contributed by atoms with Crippen molar-refractivity contribution in [2.45, 2.75) is 6.92 Å². The van der Waals surface area contributed by atoms with E-state index in [1.807, 2.05) is 0 Å². The Bertz CT molecular complexity index is 618. The molecule has 0 unspecified atom stereocenters. The number of esters is 1. The van der Waals surface area contributed by atoms with Gasteiger partial charge >= 0.3 is 5.97 Å². The molecule has 0 aliphatic heterocycles. The quantitative estimate of drug-likeness (QED) is 0.695. The number of hydrogen-bond donors (Lipinski definition) is 1. The highest BCUT2D eigenvalue weighted by atomic mass is 35.5. The van der Waals surface area contributed by atoms with E-state index in [0.29, 0.717) is 27.7 Å². The molecular formula is C11H10ClN3O2S. The number of ether oxygens (including phenoxy) is 1. The SMILES string of the molecule is CCOC(=O)c1c[nH]n(-c2ccc(Cl)cn2)c1=S. The van der Waals surface area contributed by atoms with Crippen molar-refractivity contribution in [3.63, 3.8) is 0 Å². The molecule has 1 N–H and O–H groups in total. The van der Waals surface area contributed by atoms with Crippen molar-refractivity contribution in [2.75, 3.05) is 6.61 Å². The number of aromatic nitrogens is 3. The van der Waals surface area contributed by atoms with Gasteiger partial charge in [0.2, 0.25) is 0 Å². The summed E-state index contributed by atoms with van der Waals surface area (Å²) in [5, 5.41) is 3.39. The van der Waals surface area contributed by atoms with Crippen molar-refractivity contribution in [3.8, 4) is 5.82 Å². The van der Waals surface area contributed by atoms with E-state index < -0.39 is 5.97 Å². The number of nitrogens with zero attached hydrogens (tertiary/aromatic N) is 2. The topological polar surface area (TPSA) is 59.9 Å². The van der Waals surface area contributed by atoms with Gasteiger partial charge in [0.05, 0.1) is 11.6 Å². The second-order valence-corrected chi connectivity index (χ2v) is 4.21. The van der Waals surface area contributed by atoms with Crippen LogP contribution in [0.4, 0.5) is 0 Å². The Balaban J connectivity index is 2.40. The zero-order chi connectivity index (χ0) is 13.1. The fraction of sp³-hybridized carbons (Fsp3) is 0.182. The smallest absolute Gasteiger partial charge is 0.342 e. The molecular weight excluding hydrogens is 274 g/mol. The van der Waals surface area contributed by atoms with Crippen molar-refractivity contribution >= 4 is 29.8 Å². The Morgan fingerprint density at radius 2 is 2.39 bits per heavy atom. The minimum absolute atomic E-state index is 0.304. The zero-order valence-corrected chi connectivity index (χ0v) is 11.1. The molecule has 0 saturated carbocycles. The van der Waals surface area contributed by atoms with Gasteiger partial charge in [0, 0.05) is 12.4 Å². The number of halogens is 1. The maximum atomic E-state index is 11.6. The third-order valence-corrected chi connectivity index (χ3v) is 2.83. The summed E-state index contributed by atoms with van der Waals surface area (Å²) in [4.78, 5) is 15.7. The summed E-state index contributed by atoms with van der Waals surface area (Å²) in [7, 11) is 0. The van der Waals surface area contributed by atoms with Gasteiger partial charge in [-0.2, -0.15) is 0 Å². The van der Waals surface area contributed by atoms with Gasteiger partial charge in [-0.05, 0) is 19.1 Å². The van der Waals surface area contributed by atoms with E-state index in [9.17, 15) is 4.79 Å². The molecule has 7 heteroatoms. The summed E-state index contributed by atoms with van der Waals surface area (Å²) < 4.78 is 6.73. The minimum atomic E-state index is -0.452. The van der Waals surface area contributed by atoms with Crippen LogP contribution in [0.2, 0.25) is 5.02 Å². The van der Waals surface area contributed by atoms with Gasteiger partial charge in [-0.25, -0.2) is 14.5 Å². The van der Waals surface area contributed by atoms with Crippen molar-refractivity contribution < 1.29 is 9.53 Å². The summed E-state index contributed by atoms with van der Waals surface area (Å²) in [6.07, 6.45) is 3.00. The van der Waals surface area contributed by atoms with E-state index in [1.54, 1.807) is 19.1 Å². The molecule has 0 aliphatic carbocycles. The van der Waals surface area contributed by atoms with Crippen LogP contribution in [0.15, 0.2) is 24.5 Å². The number of carbonyl (C=O) groups excluding carboxylic acids is 1. The Morgan fingerprint density at radius 3 is 3.00 bits per heavy atom. The molecule has 0 atom stereocenters. The van der Waals surface area contributed by atoms with Gasteiger partial charge in [-0.1, -0.05) is 23.8 Å². The number of pyridine rings is 1. The summed E-state index contributed by atoms with van der Waals surface area (Å²) in [6, 6.07) is 3.39. The fourth-order valence-electron chi connectivity index (χ4n) is 1.40. The molecule has 2 heterocycles. The fourth-order valence-corrected chi connectivity index (χ4v) is 1.80. The highest BCUT2D eigenvalue weighted by Gasteiger charge is 2.13. The lowest BCUT2D eigenvalue weighted by molar-refractivity contribution is 0.0525. The van der Waals surface area contributed by atoms with E-state index in [4.69, 9.17) is 28.6 Å². The standard InChI is InChI=1S/C11H10ClN3O2S/c1-2-17-11(16)8-6-14-15(10(8)18)9-4-3-7(12)5-13-9/h3-6,14H,2H2,1H3. The molecule has 94 valence electrons. The predicted octanol–water partition coefficient (Wildman–Crippen LogP) is 2.76. The highest BCUT2D eigenvalue weighted by molar-refractivity contribution is 7.71. The molecule has 0 aromatic carbocycles. The highest BCUT2D eigenvalue weighted by Crippen LogP contribution is 2.12.